The molecular formula is C18H23N5O4. The molecule has 144 valence electrons. The number of hydrogen-bond donors (Lipinski definition) is 0. The number of ether oxygens (including phenoxy) is 2. The van der Waals surface area contributed by atoms with Gasteiger partial charge in [0.1, 0.15) is 12.6 Å². The predicted octanol–water partition coefficient (Wildman–Crippen LogP) is 0.729. The average Bonchev–Trinajstić information content (AvgIpc) is 2.68. The molecule has 0 aliphatic carbocycles. The Kier molecular flexibility index (Phi) is 5.68. The lowest BCUT2D eigenvalue weighted by Gasteiger charge is -2.32. The molecule has 2 aromatic rings. The van der Waals surface area contributed by atoms with E-state index >= 15 is 0 Å². The van der Waals surface area contributed by atoms with Gasteiger partial charge in [0.25, 0.3) is 5.56 Å². The molecule has 9 heteroatoms. The van der Waals surface area contributed by atoms with Crippen LogP contribution in [-0.2, 0) is 11.3 Å². The van der Waals surface area contributed by atoms with Gasteiger partial charge in [-0.15, -0.1) is 0 Å². The van der Waals surface area contributed by atoms with Crippen molar-refractivity contribution in [1.82, 2.24) is 24.4 Å². The van der Waals surface area contributed by atoms with Crippen molar-refractivity contribution in [2.24, 2.45) is 0 Å². The van der Waals surface area contributed by atoms with Gasteiger partial charge in [-0.3, -0.25) is 19.1 Å². The number of aromatic nitrogens is 4. The molecule has 3 heterocycles. The first kappa shape index (κ1) is 18.8. The van der Waals surface area contributed by atoms with Crippen molar-refractivity contribution in [3.8, 4) is 11.8 Å². The standard InChI is InChI=1S/C18H23N5O4/c1-12-13(2)20-11-23(18(12)25)10-17(24)22-6-4-5-14(9-22)27-16-8-19-7-15(21-16)26-3/h7-8,11,14H,4-6,9-10H2,1-3H3. The van der Waals surface area contributed by atoms with E-state index in [4.69, 9.17) is 9.47 Å². The smallest absolute Gasteiger partial charge is 0.256 e. The largest absolute Gasteiger partial charge is 0.480 e. The van der Waals surface area contributed by atoms with Gasteiger partial charge in [-0.25, -0.2) is 4.98 Å². The van der Waals surface area contributed by atoms with Crippen molar-refractivity contribution in [3.05, 3.63) is 40.3 Å². The van der Waals surface area contributed by atoms with Crippen LogP contribution in [0.25, 0.3) is 0 Å². The first-order valence-corrected chi connectivity index (χ1v) is 8.81. The van der Waals surface area contributed by atoms with Gasteiger partial charge < -0.3 is 14.4 Å². The molecule has 1 amide bonds. The summed E-state index contributed by atoms with van der Waals surface area (Å²) in [6.45, 7) is 4.53. The van der Waals surface area contributed by atoms with Gasteiger partial charge in [-0.05, 0) is 26.7 Å². The molecule has 0 radical (unpaired) electrons. The van der Waals surface area contributed by atoms with Crippen LogP contribution < -0.4 is 15.0 Å². The van der Waals surface area contributed by atoms with Gasteiger partial charge in [-0.1, -0.05) is 0 Å². The fourth-order valence-electron chi connectivity index (χ4n) is 2.95. The van der Waals surface area contributed by atoms with Crippen LogP contribution in [-0.4, -0.2) is 56.6 Å². The number of carbonyl (C=O) groups is 1. The lowest BCUT2D eigenvalue weighted by atomic mass is 10.1. The topological polar surface area (TPSA) is 99.4 Å². The monoisotopic (exact) mass is 373 g/mol. The summed E-state index contributed by atoms with van der Waals surface area (Å²) in [7, 11) is 1.51. The normalized spacial score (nSPS) is 16.9. The summed E-state index contributed by atoms with van der Waals surface area (Å²) in [5.41, 5.74) is 1.05. The minimum absolute atomic E-state index is 0.0291. The summed E-state index contributed by atoms with van der Waals surface area (Å²) in [5, 5.41) is 0. The van der Waals surface area contributed by atoms with Crippen LogP contribution in [0, 0.1) is 13.8 Å². The first-order valence-electron chi connectivity index (χ1n) is 8.81. The van der Waals surface area contributed by atoms with Crippen molar-refractivity contribution in [2.45, 2.75) is 39.3 Å². The predicted molar refractivity (Wildman–Crippen MR) is 96.8 cm³/mol. The molecule has 0 aromatic carbocycles. The summed E-state index contributed by atoms with van der Waals surface area (Å²) in [6.07, 6.45) is 5.88. The highest BCUT2D eigenvalue weighted by Gasteiger charge is 2.26. The number of methoxy groups -OCH3 is 1. The highest BCUT2D eigenvalue weighted by molar-refractivity contribution is 5.76. The van der Waals surface area contributed by atoms with E-state index in [9.17, 15) is 9.59 Å². The van der Waals surface area contributed by atoms with Crippen LogP contribution in [0.3, 0.4) is 0 Å². The molecule has 1 saturated heterocycles. The van der Waals surface area contributed by atoms with Crippen LogP contribution in [0.4, 0.5) is 0 Å². The number of amides is 1. The van der Waals surface area contributed by atoms with E-state index in [0.29, 0.717) is 36.1 Å². The molecule has 1 atom stereocenters. The lowest BCUT2D eigenvalue weighted by Crippen LogP contribution is -2.46. The molecule has 2 aromatic heterocycles. The number of aryl methyl sites for hydroxylation is 1. The molecular weight excluding hydrogens is 350 g/mol. The summed E-state index contributed by atoms with van der Waals surface area (Å²) < 4.78 is 12.3. The Labute approximate surface area is 157 Å². The molecule has 0 spiro atoms. The zero-order chi connectivity index (χ0) is 19.4. The van der Waals surface area contributed by atoms with Gasteiger partial charge in [0.05, 0.1) is 32.4 Å². The van der Waals surface area contributed by atoms with E-state index in [1.807, 2.05) is 0 Å². The Morgan fingerprint density at radius 3 is 2.85 bits per heavy atom. The van der Waals surface area contributed by atoms with E-state index in [1.165, 1.54) is 30.4 Å². The highest BCUT2D eigenvalue weighted by atomic mass is 16.5. The Balaban J connectivity index is 1.64. The molecule has 0 N–H and O–H groups in total. The van der Waals surface area contributed by atoms with Crippen molar-refractivity contribution in [2.75, 3.05) is 20.2 Å². The quantitative estimate of drug-likeness (QED) is 0.762. The third kappa shape index (κ3) is 4.42. The molecule has 1 aliphatic rings. The van der Waals surface area contributed by atoms with Gasteiger partial charge >= 0.3 is 0 Å². The number of nitrogens with zero attached hydrogens (tertiary/aromatic N) is 5. The van der Waals surface area contributed by atoms with Gasteiger partial charge in [-0.2, -0.15) is 4.98 Å². The zero-order valence-corrected chi connectivity index (χ0v) is 15.7. The number of carbonyl (C=O) groups excluding carboxylic acids is 1. The summed E-state index contributed by atoms with van der Waals surface area (Å²) in [5.74, 6) is 0.605. The lowest BCUT2D eigenvalue weighted by molar-refractivity contribution is -0.134. The van der Waals surface area contributed by atoms with Crippen LogP contribution in [0.15, 0.2) is 23.5 Å². The Morgan fingerprint density at radius 1 is 1.30 bits per heavy atom. The SMILES string of the molecule is COc1cncc(OC2CCCN(C(=O)Cn3cnc(C)c(C)c3=O)C2)n1. The van der Waals surface area contributed by atoms with Crippen molar-refractivity contribution >= 4 is 5.91 Å². The molecule has 1 fully saturated rings. The van der Waals surface area contributed by atoms with Crippen molar-refractivity contribution < 1.29 is 14.3 Å². The fraction of sp³-hybridized carbons (Fsp3) is 0.500. The Hall–Kier alpha value is -2.97. The summed E-state index contributed by atoms with van der Waals surface area (Å²) >= 11 is 0. The molecule has 0 bridgehead atoms. The Morgan fingerprint density at radius 2 is 2.07 bits per heavy atom. The molecule has 9 nitrogen and oxygen atoms in total. The van der Waals surface area contributed by atoms with E-state index in [1.54, 1.807) is 18.7 Å². The maximum absolute atomic E-state index is 12.6. The number of rotatable bonds is 5. The molecule has 1 aliphatic heterocycles. The van der Waals surface area contributed by atoms with Crippen LogP contribution >= 0.6 is 0 Å². The van der Waals surface area contributed by atoms with Crippen LogP contribution in [0.5, 0.6) is 11.8 Å². The molecule has 3 rings (SSSR count). The van der Waals surface area contributed by atoms with Crippen LogP contribution in [0.1, 0.15) is 24.1 Å². The minimum Gasteiger partial charge on any atom is -0.480 e. The number of hydrogen-bond acceptors (Lipinski definition) is 7. The summed E-state index contributed by atoms with van der Waals surface area (Å²) in [6, 6.07) is 0. The molecule has 0 saturated carbocycles. The van der Waals surface area contributed by atoms with Crippen molar-refractivity contribution in [3.63, 3.8) is 0 Å². The van der Waals surface area contributed by atoms with Crippen LogP contribution in [0.2, 0.25) is 0 Å². The summed E-state index contributed by atoms with van der Waals surface area (Å²) in [4.78, 5) is 39.0. The highest BCUT2D eigenvalue weighted by Crippen LogP contribution is 2.18. The van der Waals surface area contributed by atoms with E-state index < -0.39 is 0 Å². The van der Waals surface area contributed by atoms with Gasteiger partial charge in [0.15, 0.2) is 0 Å². The first-order chi connectivity index (χ1) is 13.0. The average molecular weight is 373 g/mol. The van der Waals surface area contributed by atoms with E-state index in [2.05, 4.69) is 15.0 Å². The second-order valence-corrected chi connectivity index (χ2v) is 6.51. The third-order valence-corrected chi connectivity index (χ3v) is 4.64. The minimum atomic E-state index is -0.188. The maximum Gasteiger partial charge on any atom is 0.256 e. The second kappa shape index (κ2) is 8.15. The Bertz CT molecular complexity index is 882. The maximum atomic E-state index is 12.6. The fourth-order valence-corrected chi connectivity index (χ4v) is 2.95. The third-order valence-electron chi connectivity index (χ3n) is 4.64. The number of piperidine rings is 1. The molecule has 27 heavy (non-hydrogen) atoms. The van der Waals surface area contributed by atoms with Gasteiger partial charge in [0.2, 0.25) is 17.7 Å². The van der Waals surface area contributed by atoms with E-state index in [-0.39, 0.29) is 24.1 Å². The number of likely N-dealkylation sites (tertiary alicyclic amines) is 1. The zero-order valence-electron chi connectivity index (χ0n) is 15.7. The molecule has 1 unspecified atom stereocenters. The van der Waals surface area contributed by atoms with Gasteiger partial charge in [0, 0.05) is 17.8 Å². The van der Waals surface area contributed by atoms with Crippen molar-refractivity contribution in [1.29, 1.82) is 0 Å². The second-order valence-electron chi connectivity index (χ2n) is 6.51. The van der Waals surface area contributed by atoms with E-state index in [0.717, 1.165) is 12.8 Å².